The van der Waals surface area contributed by atoms with Crippen molar-refractivity contribution in [1.29, 1.82) is 0 Å². The van der Waals surface area contributed by atoms with Crippen molar-refractivity contribution in [2.45, 2.75) is 79.1 Å². The quantitative estimate of drug-likeness (QED) is 0.438. The largest absolute Gasteiger partial charge is 0.444 e. The second-order valence-electron chi connectivity index (χ2n) is 9.47. The molecule has 3 N–H and O–H groups in total. The van der Waals surface area contributed by atoms with Crippen LogP contribution in [-0.2, 0) is 20.3 Å². The van der Waals surface area contributed by atoms with Gasteiger partial charge in [0.05, 0.1) is 12.3 Å². The van der Waals surface area contributed by atoms with Crippen LogP contribution in [0.15, 0.2) is 28.7 Å². The van der Waals surface area contributed by atoms with Crippen LogP contribution in [0.2, 0.25) is 0 Å². The Hall–Kier alpha value is -2.46. The van der Waals surface area contributed by atoms with Crippen molar-refractivity contribution in [2.75, 3.05) is 18.1 Å². The summed E-state index contributed by atoms with van der Waals surface area (Å²) < 4.78 is 23.3. The average Bonchev–Trinajstić information content (AvgIpc) is 3.20. The first kappa shape index (κ1) is 30.6. The second kappa shape index (κ2) is 14.8. The number of aliphatic hydroxyl groups is 1. The fourth-order valence-electron chi connectivity index (χ4n) is 2.76. The molecule has 4 atom stereocenters. The highest BCUT2D eigenvalue weighted by Crippen LogP contribution is 2.19. The Labute approximate surface area is 210 Å². The van der Waals surface area contributed by atoms with Gasteiger partial charge in [-0.2, -0.15) is 0 Å². The molecule has 10 heteroatoms. The van der Waals surface area contributed by atoms with Crippen LogP contribution in [0.1, 0.15) is 73.3 Å². The highest BCUT2D eigenvalue weighted by Gasteiger charge is 2.27. The number of carbonyl (C=O) groups excluding carboxylic acids is 2. The molecule has 1 heterocycles. The fraction of sp³-hybridized carbons (Fsp3) is 0.640. The molecule has 2 aromatic rings. The molecule has 1 aromatic carbocycles. The Balaban J connectivity index is 0.00000194. The summed E-state index contributed by atoms with van der Waals surface area (Å²) >= 11 is 0. The molecule has 4 unspecified atom stereocenters. The topological polar surface area (TPSA) is 131 Å². The summed E-state index contributed by atoms with van der Waals surface area (Å²) in [5.41, 5.74) is 0.375. The second-order valence-corrected chi connectivity index (χ2v) is 11.0. The number of alkyl carbamates (subject to hydrolysis) is 1. The number of benzene rings is 1. The van der Waals surface area contributed by atoms with E-state index in [0.717, 1.165) is 6.42 Å². The van der Waals surface area contributed by atoms with Crippen LogP contribution < -0.4 is 10.6 Å². The van der Waals surface area contributed by atoms with Crippen molar-refractivity contribution in [1.82, 2.24) is 15.6 Å². The number of nitrogens with zero attached hydrogens (tertiary/aromatic N) is 1. The van der Waals surface area contributed by atoms with E-state index in [1.165, 1.54) is 6.42 Å². The first-order chi connectivity index (χ1) is 16.4. The van der Waals surface area contributed by atoms with Crippen LogP contribution in [0.4, 0.5) is 4.79 Å². The van der Waals surface area contributed by atoms with E-state index in [4.69, 9.17) is 9.15 Å². The molecular weight excluding hydrogens is 470 g/mol. The van der Waals surface area contributed by atoms with Crippen molar-refractivity contribution in [2.24, 2.45) is 5.92 Å². The van der Waals surface area contributed by atoms with Gasteiger partial charge in [-0.25, -0.2) is 9.78 Å². The van der Waals surface area contributed by atoms with Crippen molar-refractivity contribution < 1.29 is 28.1 Å². The van der Waals surface area contributed by atoms with Gasteiger partial charge in [0, 0.05) is 16.6 Å². The third kappa shape index (κ3) is 11.7. The number of rotatable bonds is 10. The highest BCUT2D eigenvalue weighted by molar-refractivity contribution is 7.85. The summed E-state index contributed by atoms with van der Waals surface area (Å²) in [4.78, 5) is 29.2. The van der Waals surface area contributed by atoms with Crippen molar-refractivity contribution in [3.05, 3.63) is 30.2 Å². The van der Waals surface area contributed by atoms with Crippen LogP contribution in [0.5, 0.6) is 0 Å². The predicted molar refractivity (Wildman–Crippen MR) is 138 cm³/mol. The Morgan fingerprint density at radius 3 is 2.37 bits per heavy atom. The number of nitrogens with one attached hydrogen (secondary N) is 2. The smallest absolute Gasteiger partial charge is 0.408 e. The van der Waals surface area contributed by atoms with Gasteiger partial charge in [0.1, 0.15) is 23.3 Å². The number of ether oxygens (including phenoxy) is 1. The molecule has 0 aliphatic rings. The van der Waals surface area contributed by atoms with Gasteiger partial charge < -0.3 is 24.9 Å². The summed E-state index contributed by atoms with van der Waals surface area (Å²) in [6, 6.07) is 5.99. The lowest BCUT2D eigenvalue weighted by Crippen LogP contribution is -2.51. The molecule has 0 bridgehead atoms. The summed E-state index contributed by atoms with van der Waals surface area (Å²) in [5, 5.41) is 15.4. The summed E-state index contributed by atoms with van der Waals surface area (Å²) in [5.74, 6) is 0.0741. The van der Waals surface area contributed by atoms with Crippen molar-refractivity contribution >= 4 is 33.9 Å². The van der Waals surface area contributed by atoms with E-state index >= 15 is 0 Å². The number of aromatic nitrogens is 1. The SMILES string of the molecule is CCC.CCC(C)CS(=O)CC(NC(=O)OC(C)(C)C)C(=O)NCC(O)c1nc2ccccc2o1. The maximum Gasteiger partial charge on any atom is 0.408 e. The molecular formula is C25H41N3O6S. The molecule has 9 nitrogen and oxygen atoms in total. The van der Waals surface area contributed by atoms with Crippen molar-refractivity contribution in [3.63, 3.8) is 0 Å². The number of hydrogen-bond donors (Lipinski definition) is 3. The van der Waals surface area contributed by atoms with Gasteiger partial charge in [0.2, 0.25) is 11.8 Å². The molecule has 0 aliphatic heterocycles. The fourth-order valence-corrected chi connectivity index (χ4v) is 4.38. The lowest BCUT2D eigenvalue weighted by molar-refractivity contribution is -0.123. The highest BCUT2D eigenvalue weighted by atomic mass is 32.2. The first-order valence-corrected chi connectivity index (χ1v) is 13.5. The average molecular weight is 512 g/mol. The standard InChI is InChI=1S/C22H33N3O6S.C3H8/c1-6-14(2)12-32(29)13-16(25-21(28)31-22(3,4)5)19(27)23-11-17(26)20-24-15-9-7-8-10-18(15)30-20;1-3-2/h7-10,14,16-17,26H,6,11-13H2,1-5H3,(H,23,27)(H,25,28);3H2,1-2H3. The van der Waals surface area contributed by atoms with Crippen LogP contribution in [0.3, 0.4) is 0 Å². The van der Waals surface area contributed by atoms with Crippen molar-refractivity contribution in [3.8, 4) is 0 Å². The third-order valence-electron chi connectivity index (χ3n) is 4.59. The Morgan fingerprint density at radius 1 is 1.17 bits per heavy atom. The van der Waals surface area contributed by atoms with E-state index in [-0.39, 0.29) is 24.1 Å². The van der Waals surface area contributed by atoms with Crippen LogP contribution in [-0.4, -0.2) is 56.0 Å². The third-order valence-corrected chi connectivity index (χ3v) is 6.24. The molecule has 1 aromatic heterocycles. The minimum Gasteiger partial charge on any atom is -0.444 e. The molecule has 0 fully saturated rings. The molecule has 0 saturated heterocycles. The monoisotopic (exact) mass is 511 g/mol. The lowest BCUT2D eigenvalue weighted by Gasteiger charge is -2.23. The zero-order chi connectivity index (χ0) is 26.6. The molecule has 0 aliphatic carbocycles. The lowest BCUT2D eigenvalue weighted by atomic mass is 10.2. The van der Waals surface area contributed by atoms with Gasteiger partial charge in [-0.1, -0.05) is 52.7 Å². The zero-order valence-corrected chi connectivity index (χ0v) is 22.7. The molecule has 2 amide bonds. The maximum atomic E-state index is 12.8. The Morgan fingerprint density at radius 2 is 1.80 bits per heavy atom. The number of aliphatic hydroxyl groups excluding tert-OH is 1. The number of oxazole rings is 1. The number of hydrogen-bond acceptors (Lipinski definition) is 7. The van der Waals surface area contributed by atoms with Gasteiger partial charge in [-0.05, 0) is 38.8 Å². The zero-order valence-electron chi connectivity index (χ0n) is 21.9. The number of fused-ring (bicyclic) bond motifs is 1. The molecule has 0 radical (unpaired) electrons. The van der Waals surface area contributed by atoms with Gasteiger partial charge >= 0.3 is 6.09 Å². The predicted octanol–water partition coefficient (Wildman–Crippen LogP) is 4.08. The van der Waals surface area contributed by atoms with E-state index in [1.807, 2.05) is 13.8 Å². The number of para-hydroxylation sites is 2. The van der Waals surface area contributed by atoms with Gasteiger partial charge in [-0.3, -0.25) is 9.00 Å². The summed E-state index contributed by atoms with van der Waals surface area (Å²) in [6.45, 7) is 13.2. The van der Waals surface area contributed by atoms with E-state index in [0.29, 0.717) is 16.9 Å². The Bertz CT molecular complexity index is 923. The van der Waals surface area contributed by atoms with Gasteiger partial charge in [0.25, 0.3) is 0 Å². The normalized spacial score (nSPS) is 14.7. The first-order valence-electron chi connectivity index (χ1n) is 12.1. The summed E-state index contributed by atoms with van der Waals surface area (Å²) in [6.07, 6.45) is 0.149. The maximum absolute atomic E-state index is 12.8. The molecule has 0 spiro atoms. The van der Waals surface area contributed by atoms with E-state index in [2.05, 4.69) is 29.5 Å². The van der Waals surface area contributed by atoms with Crippen LogP contribution >= 0.6 is 0 Å². The number of carbonyl (C=O) groups is 2. The van der Waals surface area contributed by atoms with Crippen LogP contribution in [0, 0.1) is 5.92 Å². The minimum atomic E-state index is -1.33. The van der Waals surface area contributed by atoms with Crippen LogP contribution in [0.25, 0.3) is 11.1 Å². The van der Waals surface area contributed by atoms with E-state index < -0.39 is 40.5 Å². The van der Waals surface area contributed by atoms with Gasteiger partial charge in [-0.15, -0.1) is 0 Å². The number of amides is 2. The minimum absolute atomic E-state index is 0.0611. The summed E-state index contributed by atoms with van der Waals surface area (Å²) in [7, 11) is -1.33. The Kier molecular flexibility index (Phi) is 13.0. The molecule has 198 valence electrons. The van der Waals surface area contributed by atoms with Gasteiger partial charge in [0.15, 0.2) is 5.58 Å². The molecule has 2 rings (SSSR count). The molecule has 35 heavy (non-hydrogen) atoms. The van der Waals surface area contributed by atoms with E-state index in [9.17, 15) is 18.9 Å². The molecule has 0 saturated carbocycles. The van der Waals surface area contributed by atoms with E-state index in [1.54, 1.807) is 45.0 Å².